The van der Waals surface area contributed by atoms with Crippen molar-refractivity contribution >= 4 is 5.69 Å². The third-order valence-corrected chi connectivity index (χ3v) is 4.57. The zero-order valence-corrected chi connectivity index (χ0v) is 14.3. The Balaban J connectivity index is 1.64. The zero-order valence-electron chi connectivity index (χ0n) is 14.3. The molecule has 0 amide bonds. The van der Waals surface area contributed by atoms with E-state index in [0.717, 1.165) is 50.5 Å². The van der Waals surface area contributed by atoms with Gasteiger partial charge in [-0.1, -0.05) is 49.4 Å². The van der Waals surface area contributed by atoms with E-state index in [-0.39, 0.29) is 5.82 Å². The van der Waals surface area contributed by atoms with Crippen LogP contribution in [0.15, 0.2) is 48.5 Å². The third-order valence-electron chi connectivity index (χ3n) is 4.57. The van der Waals surface area contributed by atoms with Crippen LogP contribution in [-0.2, 0) is 13.1 Å². The van der Waals surface area contributed by atoms with Gasteiger partial charge in [0.25, 0.3) is 0 Å². The molecule has 1 heterocycles. The van der Waals surface area contributed by atoms with Crippen LogP contribution in [0.2, 0.25) is 0 Å². The first kappa shape index (κ1) is 16.9. The van der Waals surface area contributed by atoms with Crippen molar-refractivity contribution in [2.24, 2.45) is 0 Å². The summed E-state index contributed by atoms with van der Waals surface area (Å²) in [5.74, 6) is -0.109. The molecule has 1 aliphatic heterocycles. The Labute approximate surface area is 144 Å². The first-order valence-corrected chi connectivity index (χ1v) is 8.77. The van der Waals surface area contributed by atoms with Crippen LogP contribution in [0.4, 0.5) is 10.1 Å². The molecule has 0 unspecified atom stereocenters. The normalized spacial score (nSPS) is 15.7. The molecule has 1 saturated heterocycles. The molecule has 4 heteroatoms. The molecular formula is C20H26FN3. The number of anilines is 1. The molecule has 0 spiro atoms. The van der Waals surface area contributed by atoms with Gasteiger partial charge in [-0.25, -0.2) is 4.39 Å². The minimum absolute atomic E-state index is 0.109. The quantitative estimate of drug-likeness (QED) is 0.878. The van der Waals surface area contributed by atoms with Crippen molar-refractivity contribution in [1.82, 2.24) is 10.2 Å². The largest absolute Gasteiger partial charge is 0.366 e. The number of halogens is 1. The molecule has 1 fully saturated rings. The van der Waals surface area contributed by atoms with Crippen LogP contribution in [0.3, 0.4) is 0 Å². The van der Waals surface area contributed by atoms with Crippen LogP contribution >= 0.6 is 0 Å². The summed E-state index contributed by atoms with van der Waals surface area (Å²) in [5, 5.41) is 3.31. The van der Waals surface area contributed by atoms with Crippen LogP contribution in [0.25, 0.3) is 0 Å². The van der Waals surface area contributed by atoms with Crippen molar-refractivity contribution in [2.45, 2.75) is 20.0 Å². The van der Waals surface area contributed by atoms with Crippen LogP contribution in [-0.4, -0.2) is 37.6 Å². The third kappa shape index (κ3) is 4.13. The lowest BCUT2D eigenvalue weighted by molar-refractivity contribution is 0.249. The monoisotopic (exact) mass is 327 g/mol. The smallest absolute Gasteiger partial charge is 0.146 e. The Morgan fingerprint density at radius 1 is 0.958 bits per heavy atom. The Hall–Kier alpha value is -1.91. The lowest BCUT2D eigenvalue weighted by Crippen LogP contribution is -2.46. The molecule has 2 aromatic rings. The Morgan fingerprint density at radius 2 is 1.71 bits per heavy atom. The van der Waals surface area contributed by atoms with E-state index in [1.807, 2.05) is 12.1 Å². The van der Waals surface area contributed by atoms with Gasteiger partial charge in [0.2, 0.25) is 0 Å². The molecule has 1 aliphatic rings. The molecule has 0 saturated carbocycles. The lowest BCUT2D eigenvalue weighted by atomic mass is 10.1. The molecule has 1 N–H and O–H groups in total. The van der Waals surface area contributed by atoms with Crippen molar-refractivity contribution in [1.29, 1.82) is 0 Å². The minimum atomic E-state index is -0.109. The van der Waals surface area contributed by atoms with Crippen molar-refractivity contribution < 1.29 is 4.39 Å². The predicted octanol–water partition coefficient (Wildman–Crippen LogP) is 3.26. The molecule has 0 aliphatic carbocycles. The number of hydrogen-bond acceptors (Lipinski definition) is 3. The van der Waals surface area contributed by atoms with Crippen molar-refractivity contribution in [3.8, 4) is 0 Å². The van der Waals surface area contributed by atoms with Gasteiger partial charge in [-0.15, -0.1) is 0 Å². The highest BCUT2D eigenvalue weighted by Crippen LogP contribution is 2.26. The maximum atomic E-state index is 14.4. The minimum Gasteiger partial charge on any atom is -0.366 e. The molecule has 0 bridgehead atoms. The van der Waals surface area contributed by atoms with E-state index >= 15 is 0 Å². The van der Waals surface area contributed by atoms with Gasteiger partial charge < -0.3 is 10.2 Å². The average molecular weight is 327 g/mol. The number of nitrogens with one attached hydrogen (secondary N) is 1. The number of rotatable bonds is 6. The number of para-hydroxylation sites is 1. The fourth-order valence-corrected chi connectivity index (χ4v) is 3.29. The summed E-state index contributed by atoms with van der Waals surface area (Å²) in [4.78, 5) is 4.64. The van der Waals surface area contributed by atoms with E-state index in [2.05, 4.69) is 46.3 Å². The van der Waals surface area contributed by atoms with Crippen LogP contribution in [0.5, 0.6) is 0 Å². The van der Waals surface area contributed by atoms with Gasteiger partial charge in [-0.05, 0) is 23.7 Å². The van der Waals surface area contributed by atoms with Gasteiger partial charge >= 0.3 is 0 Å². The Bertz CT molecular complexity index is 637. The topological polar surface area (TPSA) is 18.5 Å². The summed E-state index contributed by atoms with van der Waals surface area (Å²) in [6.45, 7) is 8.31. The number of benzene rings is 2. The van der Waals surface area contributed by atoms with E-state index in [0.29, 0.717) is 6.54 Å². The molecule has 3 rings (SSSR count). The van der Waals surface area contributed by atoms with Crippen LogP contribution < -0.4 is 10.2 Å². The zero-order chi connectivity index (χ0) is 16.8. The summed E-state index contributed by atoms with van der Waals surface area (Å²) in [7, 11) is 0. The molecule has 2 aromatic carbocycles. The van der Waals surface area contributed by atoms with Crippen molar-refractivity contribution in [3.05, 3.63) is 65.5 Å². The summed E-state index contributed by atoms with van der Waals surface area (Å²) in [5.41, 5.74) is 3.16. The van der Waals surface area contributed by atoms with Gasteiger partial charge in [0, 0.05) is 39.3 Å². The SMILES string of the molecule is CCNCc1cccc(F)c1N1CCN(Cc2ccccc2)CC1. The van der Waals surface area contributed by atoms with Gasteiger partial charge in [0.05, 0.1) is 5.69 Å². The fourth-order valence-electron chi connectivity index (χ4n) is 3.29. The second-order valence-corrected chi connectivity index (χ2v) is 6.28. The van der Waals surface area contributed by atoms with Gasteiger partial charge in [0.15, 0.2) is 0 Å². The highest BCUT2D eigenvalue weighted by atomic mass is 19.1. The maximum Gasteiger partial charge on any atom is 0.146 e. The van der Waals surface area contributed by atoms with Crippen molar-refractivity contribution in [3.63, 3.8) is 0 Å². The van der Waals surface area contributed by atoms with Gasteiger partial charge in [0.1, 0.15) is 5.82 Å². The fraction of sp³-hybridized carbons (Fsp3) is 0.400. The second-order valence-electron chi connectivity index (χ2n) is 6.28. The highest BCUT2D eigenvalue weighted by molar-refractivity contribution is 5.55. The first-order valence-electron chi connectivity index (χ1n) is 8.77. The van der Waals surface area contributed by atoms with Gasteiger partial charge in [-0.2, -0.15) is 0 Å². The molecule has 3 nitrogen and oxygen atoms in total. The molecule has 24 heavy (non-hydrogen) atoms. The lowest BCUT2D eigenvalue weighted by Gasteiger charge is -2.37. The summed E-state index contributed by atoms with van der Waals surface area (Å²) >= 11 is 0. The Kier molecular flexibility index (Phi) is 5.83. The van der Waals surface area contributed by atoms with E-state index in [1.165, 1.54) is 5.56 Å². The first-order chi connectivity index (χ1) is 11.8. The highest BCUT2D eigenvalue weighted by Gasteiger charge is 2.21. The molecule has 128 valence electrons. The average Bonchev–Trinajstić information content (AvgIpc) is 2.62. The van der Waals surface area contributed by atoms with Gasteiger partial charge in [-0.3, -0.25) is 4.90 Å². The standard InChI is InChI=1S/C20H26FN3/c1-2-22-15-18-9-6-10-19(21)20(18)24-13-11-23(12-14-24)16-17-7-4-3-5-8-17/h3-10,22H,2,11-16H2,1H3. The second kappa shape index (κ2) is 8.27. The summed E-state index contributed by atoms with van der Waals surface area (Å²) < 4.78 is 14.4. The van der Waals surface area contributed by atoms with Crippen LogP contribution in [0.1, 0.15) is 18.1 Å². The molecule has 0 radical (unpaired) electrons. The van der Waals surface area contributed by atoms with Crippen LogP contribution in [0, 0.1) is 5.82 Å². The molecular weight excluding hydrogens is 301 g/mol. The summed E-state index contributed by atoms with van der Waals surface area (Å²) in [6, 6.07) is 15.9. The molecule has 0 aromatic heterocycles. The van der Waals surface area contributed by atoms with E-state index in [9.17, 15) is 4.39 Å². The molecule has 0 atom stereocenters. The predicted molar refractivity (Wildman–Crippen MR) is 97.7 cm³/mol. The van der Waals surface area contributed by atoms with E-state index in [1.54, 1.807) is 12.1 Å². The number of nitrogens with zero attached hydrogens (tertiary/aromatic N) is 2. The van der Waals surface area contributed by atoms with E-state index < -0.39 is 0 Å². The number of hydrogen-bond donors (Lipinski definition) is 1. The number of piperazine rings is 1. The summed E-state index contributed by atoms with van der Waals surface area (Å²) in [6.07, 6.45) is 0. The Morgan fingerprint density at radius 3 is 2.42 bits per heavy atom. The van der Waals surface area contributed by atoms with E-state index in [4.69, 9.17) is 0 Å². The maximum absolute atomic E-state index is 14.4. The van der Waals surface area contributed by atoms with Crippen molar-refractivity contribution in [2.75, 3.05) is 37.6 Å².